The predicted octanol–water partition coefficient (Wildman–Crippen LogP) is 5.72. The van der Waals surface area contributed by atoms with E-state index in [1.54, 1.807) is 18.2 Å². The van der Waals surface area contributed by atoms with Gasteiger partial charge in [-0.2, -0.15) is 0 Å². The van der Waals surface area contributed by atoms with Crippen LogP contribution in [0.2, 0.25) is 0 Å². The zero-order valence-corrected chi connectivity index (χ0v) is 13.2. The van der Waals surface area contributed by atoms with Crippen molar-refractivity contribution in [3.8, 4) is 0 Å². The Balaban J connectivity index is 0. The summed E-state index contributed by atoms with van der Waals surface area (Å²) in [5.74, 6) is -0.453. The maximum atomic E-state index is 12.1. The SMILES string of the molecule is CC.CC.Cc1ccc(F)cc1.Cc1ccc(F)cn1. The Labute approximate surface area is 121 Å². The Morgan fingerprint density at radius 3 is 1.45 bits per heavy atom. The first-order valence-corrected chi connectivity index (χ1v) is 6.88. The normalized spacial score (nSPS) is 8.00. The van der Waals surface area contributed by atoms with E-state index >= 15 is 0 Å². The second-order valence-electron chi connectivity index (χ2n) is 3.41. The van der Waals surface area contributed by atoms with Gasteiger partial charge in [0.05, 0.1) is 6.20 Å². The van der Waals surface area contributed by atoms with Gasteiger partial charge >= 0.3 is 0 Å². The number of hydrogen-bond donors (Lipinski definition) is 0. The lowest BCUT2D eigenvalue weighted by Gasteiger charge is -1.87. The van der Waals surface area contributed by atoms with Crippen molar-refractivity contribution in [3.63, 3.8) is 0 Å². The third kappa shape index (κ3) is 11.3. The van der Waals surface area contributed by atoms with Crippen LogP contribution >= 0.6 is 0 Å². The predicted molar refractivity (Wildman–Crippen MR) is 82.8 cm³/mol. The lowest BCUT2D eigenvalue weighted by atomic mass is 10.2. The second kappa shape index (κ2) is 13.7. The number of hydrogen-bond acceptors (Lipinski definition) is 1. The molecule has 0 saturated carbocycles. The highest BCUT2D eigenvalue weighted by atomic mass is 19.1. The van der Waals surface area contributed by atoms with Crippen LogP contribution in [0.3, 0.4) is 0 Å². The Bertz CT molecular complexity index is 336. The van der Waals surface area contributed by atoms with Gasteiger partial charge in [-0.25, -0.2) is 8.78 Å². The average molecular weight is 281 g/mol. The maximum Gasteiger partial charge on any atom is 0.141 e. The molecule has 1 heterocycles. The molecule has 1 aromatic carbocycles. The molecule has 0 unspecified atom stereocenters. The molecule has 0 fully saturated rings. The van der Waals surface area contributed by atoms with Crippen molar-refractivity contribution < 1.29 is 8.78 Å². The van der Waals surface area contributed by atoms with Crippen LogP contribution in [-0.2, 0) is 0 Å². The average Bonchev–Trinajstić information content (AvgIpc) is 2.50. The van der Waals surface area contributed by atoms with Crippen LogP contribution in [0.4, 0.5) is 8.78 Å². The molecule has 0 saturated heterocycles. The largest absolute Gasteiger partial charge is 0.259 e. The van der Waals surface area contributed by atoms with Gasteiger partial charge in [-0.15, -0.1) is 0 Å². The summed E-state index contributed by atoms with van der Waals surface area (Å²) in [4.78, 5) is 3.70. The first kappa shape index (κ1) is 20.5. The highest BCUT2D eigenvalue weighted by Gasteiger charge is 1.85. The zero-order valence-electron chi connectivity index (χ0n) is 13.2. The molecule has 0 bridgehead atoms. The van der Waals surface area contributed by atoms with Gasteiger partial charge in [0.1, 0.15) is 11.6 Å². The molecule has 3 heteroatoms. The molecule has 0 aliphatic carbocycles. The van der Waals surface area contributed by atoms with Crippen LogP contribution in [0, 0.1) is 25.5 Å². The minimum absolute atomic E-state index is 0.171. The monoisotopic (exact) mass is 281 g/mol. The van der Waals surface area contributed by atoms with E-state index < -0.39 is 0 Å². The van der Waals surface area contributed by atoms with Crippen molar-refractivity contribution >= 4 is 0 Å². The molecule has 20 heavy (non-hydrogen) atoms. The van der Waals surface area contributed by atoms with Gasteiger partial charge in [0.25, 0.3) is 0 Å². The quantitative estimate of drug-likeness (QED) is 0.602. The van der Waals surface area contributed by atoms with Crippen molar-refractivity contribution in [3.05, 3.63) is 65.5 Å². The van der Waals surface area contributed by atoms with Crippen LogP contribution in [0.15, 0.2) is 42.6 Å². The number of aromatic nitrogens is 1. The zero-order chi connectivity index (χ0) is 16.0. The fourth-order valence-electron chi connectivity index (χ4n) is 0.983. The molecule has 0 spiro atoms. The molecular weight excluding hydrogens is 256 g/mol. The number of rotatable bonds is 0. The van der Waals surface area contributed by atoms with Crippen LogP contribution in [-0.4, -0.2) is 4.98 Å². The van der Waals surface area contributed by atoms with Crippen molar-refractivity contribution in [2.24, 2.45) is 0 Å². The molecule has 0 atom stereocenters. The Morgan fingerprint density at radius 1 is 0.700 bits per heavy atom. The molecule has 112 valence electrons. The van der Waals surface area contributed by atoms with Gasteiger partial charge in [0.15, 0.2) is 0 Å². The molecule has 1 aromatic heterocycles. The third-order valence-electron chi connectivity index (χ3n) is 1.89. The van der Waals surface area contributed by atoms with E-state index in [4.69, 9.17) is 0 Å². The van der Waals surface area contributed by atoms with E-state index in [0.717, 1.165) is 11.3 Å². The van der Waals surface area contributed by atoms with Crippen molar-refractivity contribution in [1.82, 2.24) is 4.98 Å². The number of halogens is 2. The maximum absolute atomic E-state index is 12.1. The number of aryl methyl sites for hydroxylation is 2. The summed E-state index contributed by atoms with van der Waals surface area (Å²) in [7, 11) is 0. The number of pyridine rings is 1. The molecular formula is C17H25F2N. The summed E-state index contributed by atoms with van der Waals surface area (Å²) >= 11 is 0. The summed E-state index contributed by atoms with van der Waals surface area (Å²) in [6.07, 6.45) is 1.20. The van der Waals surface area contributed by atoms with Crippen LogP contribution < -0.4 is 0 Å². The van der Waals surface area contributed by atoms with Crippen LogP contribution in [0.25, 0.3) is 0 Å². The van der Waals surface area contributed by atoms with E-state index in [0.29, 0.717) is 0 Å². The van der Waals surface area contributed by atoms with Gasteiger partial charge in [-0.05, 0) is 38.1 Å². The van der Waals surface area contributed by atoms with Gasteiger partial charge in [-0.1, -0.05) is 45.4 Å². The minimum atomic E-state index is -0.282. The van der Waals surface area contributed by atoms with Crippen LogP contribution in [0.5, 0.6) is 0 Å². The van der Waals surface area contributed by atoms with Gasteiger partial charge in [0.2, 0.25) is 0 Å². The number of nitrogens with zero attached hydrogens (tertiary/aromatic N) is 1. The highest BCUT2D eigenvalue weighted by molar-refractivity contribution is 5.13. The molecule has 1 nitrogen and oxygen atoms in total. The van der Waals surface area contributed by atoms with Crippen molar-refractivity contribution in [1.29, 1.82) is 0 Å². The molecule has 2 aromatic rings. The van der Waals surface area contributed by atoms with Gasteiger partial charge < -0.3 is 0 Å². The highest BCUT2D eigenvalue weighted by Crippen LogP contribution is 1.99. The van der Waals surface area contributed by atoms with Crippen LogP contribution in [0.1, 0.15) is 39.0 Å². The summed E-state index contributed by atoms with van der Waals surface area (Å²) in [5, 5.41) is 0. The number of benzene rings is 1. The lowest BCUT2D eigenvalue weighted by molar-refractivity contribution is 0.620. The Hall–Kier alpha value is -1.77. The molecule has 0 aliphatic heterocycles. The molecule has 2 rings (SSSR count). The third-order valence-corrected chi connectivity index (χ3v) is 1.89. The fraction of sp³-hybridized carbons (Fsp3) is 0.353. The molecule has 0 radical (unpaired) electrons. The topological polar surface area (TPSA) is 12.9 Å². The summed E-state index contributed by atoms with van der Waals surface area (Å²) in [5.41, 5.74) is 1.93. The van der Waals surface area contributed by atoms with Gasteiger partial charge in [0, 0.05) is 5.69 Å². The first-order chi connectivity index (χ1) is 9.58. The Kier molecular flexibility index (Phi) is 14.0. The Morgan fingerprint density at radius 2 is 1.15 bits per heavy atom. The van der Waals surface area contributed by atoms with E-state index in [9.17, 15) is 8.78 Å². The first-order valence-electron chi connectivity index (χ1n) is 6.88. The summed E-state index contributed by atoms with van der Waals surface area (Å²) in [6.45, 7) is 11.7. The van der Waals surface area contributed by atoms with Crippen molar-refractivity contribution in [2.45, 2.75) is 41.5 Å². The van der Waals surface area contributed by atoms with E-state index in [1.807, 2.05) is 41.5 Å². The molecule has 0 N–H and O–H groups in total. The lowest BCUT2D eigenvalue weighted by Crippen LogP contribution is -1.79. The van der Waals surface area contributed by atoms with E-state index in [1.165, 1.54) is 24.4 Å². The second-order valence-corrected chi connectivity index (χ2v) is 3.41. The fourth-order valence-corrected chi connectivity index (χ4v) is 0.983. The summed E-state index contributed by atoms with van der Waals surface area (Å²) < 4.78 is 24.1. The smallest absolute Gasteiger partial charge is 0.141 e. The molecule has 0 amide bonds. The van der Waals surface area contributed by atoms with E-state index in [-0.39, 0.29) is 11.6 Å². The van der Waals surface area contributed by atoms with Gasteiger partial charge in [-0.3, -0.25) is 4.98 Å². The van der Waals surface area contributed by atoms with E-state index in [2.05, 4.69) is 4.98 Å². The standard InChI is InChI=1S/C7H7F.C6H6FN.2C2H6/c1-6-2-4-7(8)5-3-6;1-5-2-3-6(7)4-8-5;2*1-2/h2-5H,1H3;2-4H,1H3;2*1-2H3. The molecule has 0 aliphatic rings. The summed E-state index contributed by atoms with van der Waals surface area (Å²) in [6, 6.07) is 9.42. The minimum Gasteiger partial charge on any atom is -0.259 e. The van der Waals surface area contributed by atoms with Crippen molar-refractivity contribution in [2.75, 3.05) is 0 Å².